The monoisotopic (exact) mass is 275 g/mol. The number of piperidine rings is 1. The fourth-order valence-electron chi connectivity index (χ4n) is 3.02. The number of carbonyl (C=O) groups is 1. The standard InChI is InChI=1S/C15H21N3O2/c19-15-18(10-11-20-15)14-4-8-17(9-5-14)7-3-13-2-1-6-16-12-13/h1-2,6,12,14H,3-5,7-11H2. The molecule has 3 rings (SSSR count). The van der Waals surface area contributed by atoms with Gasteiger partial charge in [0, 0.05) is 38.1 Å². The Labute approximate surface area is 119 Å². The highest BCUT2D eigenvalue weighted by atomic mass is 16.6. The molecule has 0 aromatic carbocycles. The van der Waals surface area contributed by atoms with Crippen molar-refractivity contribution in [2.75, 3.05) is 32.8 Å². The van der Waals surface area contributed by atoms with E-state index in [9.17, 15) is 4.79 Å². The zero-order valence-electron chi connectivity index (χ0n) is 11.7. The number of nitrogens with zero attached hydrogens (tertiary/aromatic N) is 3. The maximum Gasteiger partial charge on any atom is 0.410 e. The summed E-state index contributed by atoms with van der Waals surface area (Å²) >= 11 is 0. The molecule has 5 heteroatoms. The molecular weight excluding hydrogens is 254 g/mol. The first kappa shape index (κ1) is 13.4. The summed E-state index contributed by atoms with van der Waals surface area (Å²) in [4.78, 5) is 20.1. The second-order valence-corrected chi connectivity index (χ2v) is 5.49. The number of hydrogen-bond acceptors (Lipinski definition) is 4. The average Bonchev–Trinajstić information content (AvgIpc) is 2.93. The smallest absolute Gasteiger partial charge is 0.410 e. The minimum absolute atomic E-state index is 0.126. The molecule has 1 aromatic rings. The van der Waals surface area contributed by atoms with E-state index in [1.807, 2.05) is 23.4 Å². The molecule has 0 saturated carbocycles. The second-order valence-electron chi connectivity index (χ2n) is 5.49. The van der Waals surface area contributed by atoms with Crippen molar-refractivity contribution >= 4 is 6.09 Å². The van der Waals surface area contributed by atoms with Gasteiger partial charge in [-0.15, -0.1) is 0 Å². The quantitative estimate of drug-likeness (QED) is 0.836. The van der Waals surface area contributed by atoms with Crippen LogP contribution < -0.4 is 0 Å². The van der Waals surface area contributed by atoms with Crippen LogP contribution >= 0.6 is 0 Å². The Morgan fingerprint density at radius 2 is 2.15 bits per heavy atom. The molecule has 2 aliphatic heterocycles. The highest BCUT2D eigenvalue weighted by Crippen LogP contribution is 2.20. The van der Waals surface area contributed by atoms with E-state index < -0.39 is 0 Å². The van der Waals surface area contributed by atoms with Crippen molar-refractivity contribution in [3.05, 3.63) is 30.1 Å². The lowest BCUT2D eigenvalue weighted by molar-refractivity contribution is 0.118. The van der Waals surface area contributed by atoms with Crippen molar-refractivity contribution in [2.45, 2.75) is 25.3 Å². The van der Waals surface area contributed by atoms with Gasteiger partial charge in [0.05, 0.1) is 6.54 Å². The third-order valence-electron chi connectivity index (χ3n) is 4.23. The maximum atomic E-state index is 11.5. The van der Waals surface area contributed by atoms with Crippen molar-refractivity contribution < 1.29 is 9.53 Å². The summed E-state index contributed by atoms with van der Waals surface area (Å²) in [5.74, 6) is 0. The molecule has 0 spiro atoms. The minimum Gasteiger partial charge on any atom is -0.448 e. The molecule has 108 valence electrons. The lowest BCUT2D eigenvalue weighted by atomic mass is 10.0. The summed E-state index contributed by atoms with van der Waals surface area (Å²) < 4.78 is 5.02. The van der Waals surface area contributed by atoms with Crippen molar-refractivity contribution in [3.8, 4) is 0 Å². The fourth-order valence-corrected chi connectivity index (χ4v) is 3.02. The van der Waals surface area contributed by atoms with Gasteiger partial charge in [0.25, 0.3) is 0 Å². The Bertz CT molecular complexity index is 444. The maximum absolute atomic E-state index is 11.5. The van der Waals surface area contributed by atoms with Gasteiger partial charge in [0.2, 0.25) is 0 Å². The Morgan fingerprint density at radius 1 is 1.30 bits per heavy atom. The lowest BCUT2D eigenvalue weighted by Crippen LogP contribution is -2.45. The van der Waals surface area contributed by atoms with Crippen LogP contribution in [0.3, 0.4) is 0 Å². The summed E-state index contributed by atoms with van der Waals surface area (Å²) in [6, 6.07) is 4.49. The van der Waals surface area contributed by atoms with Crippen LogP contribution in [0.5, 0.6) is 0 Å². The van der Waals surface area contributed by atoms with Crippen molar-refractivity contribution in [1.82, 2.24) is 14.8 Å². The molecule has 0 aliphatic carbocycles. The summed E-state index contributed by atoms with van der Waals surface area (Å²) in [7, 11) is 0. The molecule has 0 unspecified atom stereocenters. The first-order valence-electron chi connectivity index (χ1n) is 7.37. The van der Waals surface area contributed by atoms with Crippen LogP contribution in [0.4, 0.5) is 4.79 Å². The van der Waals surface area contributed by atoms with Gasteiger partial charge in [0.15, 0.2) is 0 Å². The largest absolute Gasteiger partial charge is 0.448 e. The minimum atomic E-state index is -0.126. The summed E-state index contributed by atoms with van der Waals surface area (Å²) in [5, 5.41) is 0. The van der Waals surface area contributed by atoms with E-state index in [-0.39, 0.29) is 6.09 Å². The van der Waals surface area contributed by atoms with Gasteiger partial charge in [-0.3, -0.25) is 4.98 Å². The van der Waals surface area contributed by atoms with Gasteiger partial charge in [-0.1, -0.05) is 6.07 Å². The Kier molecular flexibility index (Phi) is 4.16. The third kappa shape index (κ3) is 3.10. The van der Waals surface area contributed by atoms with E-state index in [0.717, 1.165) is 45.4 Å². The number of rotatable bonds is 4. The normalized spacial score (nSPS) is 21.2. The molecule has 3 heterocycles. The molecule has 1 amide bonds. The van der Waals surface area contributed by atoms with Crippen molar-refractivity contribution in [2.24, 2.45) is 0 Å². The Balaban J connectivity index is 1.43. The van der Waals surface area contributed by atoms with E-state index in [4.69, 9.17) is 4.74 Å². The van der Waals surface area contributed by atoms with Gasteiger partial charge in [-0.25, -0.2) is 4.79 Å². The van der Waals surface area contributed by atoms with E-state index >= 15 is 0 Å². The second kappa shape index (κ2) is 6.22. The Hall–Kier alpha value is -1.62. The number of hydrogen-bond donors (Lipinski definition) is 0. The van der Waals surface area contributed by atoms with Gasteiger partial charge >= 0.3 is 6.09 Å². The Morgan fingerprint density at radius 3 is 2.80 bits per heavy atom. The summed E-state index contributed by atoms with van der Waals surface area (Å²) in [6.07, 6.45) is 6.78. The molecule has 0 N–H and O–H groups in total. The van der Waals surface area contributed by atoms with Crippen LogP contribution in [-0.4, -0.2) is 59.7 Å². The molecule has 5 nitrogen and oxygen atoms in total. The predicted molar refractivity (Wildman–Crippen MR) is 75.5 cm³/mol. The number of amides is 1. The number of pyridine rings is 1. The average molecular weight is 275 g/mol. The van der Waals surface area contributed by atoms with Crippen molar-refractivity contribution in [3.63, 3.8) is 0 Å². The van der Waals surface area contributed by atoms with Crippen LogP contribution in [0.2, 0.25) is 0 Å². The van der Waals surface area contributed by atoms with Gasteiger partial charge < -0.3 is 14.5 Å². The zero-order chi connectivity index (χ0) is 13.8. The molecule has 2 saturated heterocycles. The molecule has 0 bridgehead atoms. The van der Waals surface area contributed by atoms with E-state index in [0.29, 0.717) is 12.6 Å². The topological polar surface area (TPSA) is 45.7 Å². The molecule has 20 heavy (non-hydrogen) atoms. The van der Waals surface area contributed by atoms with E-state index in [1.54, 1.807) is 0 Å². The number of aromatic nitrogens is 1. The SMILES string of the molecule is O=C1OCCN1C1CCN(CCc2cccnc2)CC1. The van der Waals surface area contributed by atoms with Gasteiger partial charge in [-0.2, -0.15) is 0 Å². The van der Waals surface area contributed by atoms with Crippen molar-refractivity contribution in [1.29, 1.82) is 0 Å². The van der Waals surface area contributed by atoms with E-state index in [2.05, 4.69) is 16.0 Å². The van der Waals surface area contributed by atoms with Crippen LogP contribution in [-0.2, 0) is 11.2 Å². The van der Waals surface area contributed by atoms with Crippen LogP contribution in [0, 0.1) is 0 Å². The van der Waals surface area contributed by atoms with Crippen LogP contribution in [0.1, 0.15) is 18.4 Å². The summed E-state index contributed by atoms with van der Waals surface area (Å²) in [5.41, 5.74) is 1.29. The number of ether oxygens (including phenoxy) is 1. The first-order valence-corrected chi connectivity index (χ1v) is 7.37. The number of cyclic esters (lactones) is 1. The highest BCUT2D eigenvalue weighted by Gasteiger charge is 2.31. The predicted octanol–water partition coefficient (Wildman–Crippen LogP) is 1.54. The lowest BCUT2D eigenvalue weighted by Gasteiger charge is -2.35. The van der Waals surface area contributed by atoms with Crippen LogP contribution in [0.25, 0.3) is 0 Å². The van der Waals surface area contributed by atoms with Gasteiger partial charge in [0.1, 0.15) is 6.61 Å². The number of carbonyl (C=O) groups excluding carboxylic acids is 1. The summed E-state index contributed by atoms with van der Waals surface area (Å²) in [6.45, 7) is 4.52. The van der Waals surface area contributed by atoms with E-state index in [1.165, 1.54) is 5.56 Å². The zero-order valence-corrected chi connectivity index (χ0v) is 11.7. The molecule has 2 aliphatic rings. The molecule has 2 fully saturated rings. The highest BCUT2D eigenvalue weighted by molar-refractivity contribution is 5.69. The molecule has 0 atom stereocenters. The molecular formula is C15H21N3O2. The fraction of sp³-hybridized carbons (Fsp3) is 0.600. The number of likely N-dealkylation sites (tertiary alicyclic amines) is 1. The van der Waals surface area contributed by atoms with Crippen LogP contribution in [0.15, 0.2) is 24.5 Å². The third-order valence-corrected chi connectivity index (χ3v) is 4.23. The molecule has 0 radical (unpaired) electrons. The van der Waals surface area contributed by atoms with Gasteiger partial charge in [-0.05, 0) is 30.9 Å². The molecule has 1 aromatic heterocycles. The first-order chi connectivity index (χ1) is 9.83.